The van der Waals surface area contributed by atoms with Gasteiger partial charge in [0.2, 0.25) is 17.9 Å². The van der Waals surface area contributed by atoms with Crippen LogP contribution in [0.25, 0.3) is 31.9 Å². The first-order chi connectivity index (χ1) is 30.1. The number of hydroxylamine groups is 3. The smallest absolute Gasteiger partial charge is 0.220 e. The zero-order valence-electron chi connectivity index (χ0n) is 36.6. The van der Waals surface area contributed by atoms with Gasteiger partial charge in [-0.2, -0.15) is 10.3 Å². The molecule has 1 unspecified atom stereocenters. The molecule has 63 heavy (non-hydrogen) atoms. The van der Waals surface area contributed by atoms with E-state index in [0.717, 1.165) is 117 Å². The second-order valence-corrected chi connectivity index (χ2v) is 16.8. The average Bonchev–Trinajstić information content (AvgIpc) is 3.87. The Bertz CT molecular complexity index is 2450. The van der Waals surface area contributed by atoms with Crippen LogP contribution in [0.15, 0.2) is 94.9 Å². The summed E-state index contributed by atoms with van der Waals surface area (Å²) in [6, 6.07) is 28.4. The van der Waals surface area contributed by atoms with Crippen molar-refractivity contribution in [2.24, 2.45) is 26.5 Å². The lowest BCUT2D eigenvalue weighted by Crippen LogP contribution is -2.46. The van der Waals surface area contributed by atoms with Gasteiger partial charge in [0.1, 0.15) is 0 Å². The third-order valence-electron chi connectivity index (χ3n) is 13.3. The largest absolute Gasteiger partial charge is 0.379 e. The highest BCUT2D eigenvalue weighted by molar-refractivity contribution is 6.10. The van der Waals surface area contributed by atoms with E-state index in [2.05, 4.69) is 64.2 Å². The van der Waals surface area contributed by atoms with Gasteiger partial charge >= 0.3 is 0 Å². The Balaban J connectivity index is 0.000000196. The van der Waals surface area contributed by atoms with Gasteiger partial charge in [0.05, 0.1) is 31.1 Å². The van der Waals surface area contributed by atoms with Gasteiger partial charge in [-0.05, 0) is 136 Å². The molecule has 3 spiro atoms. The Morgan fingerprint density at radius 3 is 1.87 bits per heavy atom. The third kappa shape index (κ3) is 9.23. The number of benzene rings is 4. The number of nitrogens with one attached hydrogen (secondary N) is 1. The highest BCUT2D eigenvalue weighted by atomic mass is 35.5. The molecule has 1 atom stereocenters. The van der Waals surface area contributed by atoms with Crippen LogP contribution in [0.2, 0.25) is 0 Å². The third-order valence-corrected chi connectivity index (χ3v) is 13.3. The lowest BCUT2D eigenvalue weighted by molar-refractivity contribution is -0.232. The van der Waals surface area contributed by atoms with Crippen LogP contribution in [0.5, 0.6) is 0 Å². The average molecular weight is 870 g/mol. The van der Waals surface area contributed by atoms with Crippen molar-refractivity contribution in [3.63, 3.8) is 0 Å². The van der Waals surface area contributed by atoms with Crippen molar-refractivity contribution in [2.45, 2.75) is 96.0 Å². The number of rotatable bonds is 6. The van der Waals surface area contributed by atoms with Gasteiger partial charge in [-0.1, -0.05) is 60.7 Å². The van der Waals surface area contributed by atoms with Gasteiger partial charge in [0, 0.05) is 49.3 Å². The molecule has 2 saturated carbocycles. The molecule has 4 aromatic carbocycles. The van der Waals surface area contributed by atoms with Crippen molar-refractivity contribution in [2.75, 3.05) is 27.3 Å². The van der Waals surface area contributed by atoms with E-state index < -0.39 is 5.72 Å². The molecule has 4 aliphatic carbocycles. The van der Waals surface area contributed by atoms with E-state index in [1.165, 1.54) is 18.2 Å². The van der Waals surface area contributed by atoms with Crippen molar-refractivity contribution in [3.8, 4) is 28.4 Å². The van der Waals surface area contributed by atoms with E-state index in [0.29, 0.717) is 29.5 Å². The predicted molar refractivity (Wildman–Crippen MR) is 249 cm³/mol. The van der Waals surface area contributed by atoms with Crippen LogP contribution < -0.4 is 11.2 Å². The zero-order valence-corrected chi connectivity index (χ0v) is 37.4. The van der Waals surface area contributed by atoms with Gasteiger partial charge in [-0.15, -0.1) is 12.4 Å². The van der Waals surface area contributed by atoms with Gasteiger partial charge in [0.25, 0.3) is 0 Å². The summed E-state index contributed by atoms with van der Waals surface area (Å²) in [7, 11) is 3.26. The highest BCUT2D eigenvalue weighted by Crippen LogP contribution is 2.62. The maximum absolute atomic E-state index is 9.36. The van der Waals surface area contributed by atoms with Crippen molar-refractivity contribution >= 4 is 35.5 Å². The first kappa shape index (κ1) is 46.9. The maximum atomic E-state index is 9.36. The summed E-state index contributed by atoms with van der Waals surface area (Å²) in [5.74, 6) is 0.416. The molecule has 5 aliphatic rings. The topological polar surface area (TPSA) is 146 Å². The molecule has 0 radical (unpaired) electrons. The minimum Gasteiger partial charge on any atom is -0.379 e. The van der Waals surface area contributed by atoms with Crippen LogP contribution in [-0.4, -0.2) is 61.5 Å². The first-order valence-corrected chi connectivity index (χ1v) is 21.6. The van der Waals surface area contributed by atoms with Crippen molar-refractivity contribution in [1.82, 2.24) is 10.5 Å². The quantitative estimate of drug-likeness (QED) is 0.0986. The van der Waals surface area contributed by atoms with E-state index in [1.54, 1.807) is 10.5 Å². The molecule has 0 saturated heterocycles. The Morgan fingerprint density at radius 1 is 0.841 bits per heavy atom. The number of ether oxygens (including phenoxy) is 2. The first-order valence-electron chi connectivity index (χ1n) is 21.6. The van der Waals surface area contributed by atoms with E-state index in [9.17, 15) is 5.26 Å². The van der Waals surface area contributed by atoms with E-state index >= 15 is 0 Å². The lowest BCUT2D eigenvalue weighted by atomic mass is 9.66. The summed E-state index contributed by atoms with van der Waals surface area (Å²) in [4.78, 5) is 22.9. The fourth-order valence-electron chi connectivity index (χ4n) is 10.4. The van der Waals surface area contributed by atoms with Crippen LogP contribution in [0, 0.1) is 35.4 Å². The molecule has 2 fully saturated rings. The highest BCUT2D eigenvalue weighted by Gasteiger charge is 2.63. The molecule has 1 heterocycles. The Labute approximate surface area is 377 Å². The Hall–Kier alpha value is -5.62. The number of nitrogens with two attached hydrogens (primary N) is 1. The summed E-state index contributed by atoms with van der Waals surface area (Å²) in [6.45, 7) is 20.2. The standard InChI is InChI=1S/C25H28N4O2.C24H23N3O.CH5NO.ClH/c1-4-30-21-10-12-24(13-11-21)16-19-9-8-18(17-6-5-7-20(14-17)27-2)15-22(19)25(24)28-23(26)29(3)31-25;1-3-28-21-9-11-24(12-10-21)15-19-8-7-18(14-22(19)23(24)27-16-25)17-5-4-6-20(13-17)26-2;1-2-3;/h5-9,14-15,21H,4,10-13,16H2,1,3H3,(H2,26,28);4-8,13-14,21H,3,9-12,15H2,1H3;2-3H,1H3;1H. The molecule has 4 N–H and O–H groups in total. The van der Waals surface area contributed by atoms with Gasteiger partial charge < -0.3 is 20.4 Å². The van der Waals surface area contributed by atoms with Crippen LogP contribution in [0.3, 0.4) is 0 Å². The Kier molecular flexibility index (Phi) is 15.1. The number of nitriles is 1. The summed E-state index contributed by atoms with van der Waals surface area (Å²) >= 11 is 0. The van der Waals surface area contributed by atoms with Crippen LogP contribution in [0.1, 0.15) is 87.5 Å². The van der Waals surface area contributed by atoms with Crippen LogP contribution in [-0.2, 0) is 32.9 Å². The molecule has 12 nitrogen and oxygen atoms in total. The van der Waals surface area contributed by atoms with Crippen LogP contribution >= 0.6 is 12.4 Å². The summed E-state index contributed by atoms with van der Waals surface area (Å²) in [6.07, 6.45) is 12.6. The molecule has 4 aromatic rings. The number of hydrogen-bond donors (Lipinski definition) is 3. The van der Waals surface area contributed by atoms with Gasteiger partial charge in [0.15, 0.2) is 11.4 Å². The van der Waals surface area contributed by atoms with E-state index in [1.807, 2.05) is 62.5 Å². The second kappa shape index (κ2) is 20.3. The molecule has 0 aromatic heterocycles. The Morgan fingerprint density at radius 2 is 1.37 bits per heavy atom. The lowest BCUT2D eigenvalue weighted by Gasteiger charge is -2.45. The van der Waals surface area contributed by atoms with Crippen molar-refractivity contribution < 1.29 is 19.5 Å². The summed E-state index contributed by atoms with van der Waals surface area (Å²) in [5.41, 5.74) is 18.1. The number of halogens is 1. The van der Waals surface area contributed by atoms with Crippen molar-refractivity contribution in [3.05, 3.63) is 130 Å². The monoisotopic (exact) mass is 868 g/mol. The molecular weight excluding hydrogens is 812 g/mol. The minimum absolute atomic E-state index is 0. The maximum Gasteiger partial charge on any atom is 0.220 e. The second-order valence-electron chi connectivity index (χ2n) is 16.8. The van der Waals surface area contributed by atoms with E-state index in [4.69, 9.17) is 43.4 Å². The van der Waals surface area contributed by atoms with Crippen molar-refractivity contribution in [1.29, 1.82) is 5.26 Å². The molecule has 9 rings (SSSR count). The number of nitrogens with zero attached hydrogens (tertiary/aromatic N) is 6. The normalized spacial score (nSPS) is 25.7. The minimum atomic E-state index is -0.800. The summed E-state index contributed by atoms with van der Waals surface area (Å²) < 4.78 is 11.7. The van der Waals surface area contributed by atoms with Gasteiger partial charge in [-0.3, -0.25) is 0 Å². The fourth-order valence-corrected chi connectivity index (χ4v) is 10.4. The number of fused-ring (bicyclic) bond motifs is 4. The molecule has 0 amide bonds. The predicted octanol–water partition coefficient (Wildman–Crippen LogP) is 10.5. The summed E-state index contributed by atoms with van der Waals surface area (Å²) in [5, 5.41) is 18.3. The SMILES string of the molecule is CNO.Cl.[C-]#[N+]c1cccc(-c2ccc3c(c2)C(=NC#N)C2(CCC(OCC)CC2)C3)c1.[C-]#[N+]c1cccc(-c2ccc3c(c2)C2(N=C(N)N(C)O2)C2(CCC(OCC)CC2)C3)c1. The van der Waals surface area contributed by atoms with E-state index in [-0.39, 0.29) is 23.2 Å². The number of guanidine groups is 1. The molecule has 0 bridgehead atoms. The van der Waals surface area contributed by atoms with Gasteiger partial charge in [-0.25, -0.2) is 30.1 Å². The molecule has 328 valence electrons. The fraction of sp³-hybridized carbons (Fsp3) is 0.420. The molecule has 1 aliphatic heterocycles. The van der Waals surface area contributed by atoms with Crippen LogP contribution in [0.4, 0.5) is 11.4 Å². The number of aliphatic imine (C=N–C) groups is 2. The zero-order chi connectivity index (χ0) is 43.9. The molecular formula is C50H57ClN8O4. The molecule has 13 heteroatoms. The number of hydrogen-bond acceptors (Lipinski definition) is 10.